The zero-order chi connectivity index (χ0) is 16.4. The van der Waals surface area contributed by atoms with Crippen LogP contribution in [0.15, 0.2) is 10.5 Å². The van der Waals surface area contributed by atoms with E-state index in [2.05, 4.69) is 26.0 Å². The molecule has 1 heterocycles. The Balaban J connectivity index is 2.45. The van der Waals surface area contributed by atoms with E-state index < -0.39 is 16.8 Å². The molecule has 0 spiro atoms. The quantitative estimate of drug-likeness (QED) is 0.376. The van der Waals surface area contributed by atoms with Gasteiger partial charge >= 0.3 is 11.9 Å². The first-order valence-corrected chi connectivity index (χ1v) is 7.29. The number of benzene rings is 1. The maximum atomic E-state index is 11.8. The van der Waals surface area contributed by atoms with E-state index in [0.717, 1.165) is 5.56 Å². The number of fused-ring (bicyclic) bond motifs is 1. The van der Waals surface area contributed by atoms with Crippen molar-refractivity contribution in [1.29, 1.82) is 0 Å². The highest BCUT2D eigenvalue weighted by Crippen LogP contribution is 2.40. The maximum absolute atomic E-state index is 11.8. The Morgan fingerprint density at radius 3 is 2.68 bits per heavy atom. The molecule has 1 aliphatic heterocycles. The molecule has 118 valence electrons. The van der Waals surface area contributed by atoms with Crippen LogP contribution >= 0.6 is 15.9 Å². The van der Waals surface area contributed by atoms with E-state index >= 15 is 0 Å². The predicted octanol–water partition coefficient (Wildman–Crippen LogP) is 1.80. The Kier molecular flexibility index (Phi) is 4.77. The average molecular weight is 372 g/mol. The van der Waals surface area contributed by atoms with Gasteiger partial charge in [-0.1, -0.05) is 15.9 Å². The number of nitro benzene ring substituents is 1. The van der Waals surface area contributed by atoms with E-state index in [4.69, 9.17) is 0 Å². The molecule has 0 saturated heterocycles. The van der Waals surface area contributed by atoms with E-state index in [1.807, 2.05) is 11.9 Å². The Hall–Kier alpha value is -2.00. The van der Waals surface area contributed by atoms with Crippen LogP contribution in [0.5, 0.6) is 0 Å². The minimum atomic E-state index is -1.07. The third-order valence-corrected chi connectivity index (χ3v) is 3.93. The highest BCUT2D eigenvalue weighted by atomic mass is 79.9. The molecule has 1 amide bonds. The fourth-order valence-corrected chi connectivity index (χ4v) is 2.90. The highest BCUT2D eigenvalue weighted by Gasteiger charge is 2.31. The van der Waals surface area contributed by atoms with Crippen LogP contribution in [0.3, 0.4) is 0 Å². The number of nitrogens with zero attached hydrogens (tertiary/aromatic N) is 2. The molecule has 0 unspecified atom stereocenters. The number of carbonyl (C=O) groups excluding carboxylic acids is 2. The summed E-state index contributed by atoms with van der Waals surface area (Å²) in [5.74, 6) is -2.09. The Bertz CT molecular complexity index is 662. The molecular weight excluding hydrogens is 358 g/mol. The van der Waals surface area contributed by atoms with Gasteiger partial charge in [-0.05, 0) is 19.5 Å². The number of nitrogens with one attached hydrogen (secondary N) is 1. The van der Waals surface area contributed by atoms with Gasteiger partial charge < -0.3 is 10.1 Å². The number of anilines is 1. The van der Waals surface area contributed by atoms with Crippen LogP contribution in [0.25, 0.3) is 0 Å². The number of ether oxygens (including phenoxy) is 1. The summed E-state index contributed by atoms with van der Waals surface area (Å²) in [4.78, 5) is 35.8. The van der Waals surface area contributed by atoms with Gasteiger partial charge in [-0.2, -0.15) is 0 Å². The summed E-state index contributed by atoms with van der Waals surface area (Å²) in [6, 6.07) is 1.33. The molecule has 0 atom stereocenters. The second-order valence-corrected chi connectivity index (χ2v) is 5.67. The average Bonchev–Trinajstić information content (AvgIpc) is 2.84. The van der Waals surface area contributed by atoms with E-state index in [1.54, 1.807) is 6.92 Å². The lowest BCUT2D eigenvalue weighted by Gasteiger charge is -2.11. The fourth-order valence-electron chi connectivity index (χ4n) is 2.31. The molecule has 0 aliphatic carbocycles. The maximum Gasteiger partial charge on any atom is 0.397 e. The topological polar surface area (TPSA) is 102 Å². The monoisotopic (exact) mass is 371 g/mol. The van der Waals surface area contributed by atoms with Gasteiger partial charge in [0.15, 0.2) is 0 Å². The van der Waals surface area contributed by atoms with Gasteiger partial charge in [0.05, 0.1) is 11.5 Å². The lowest BCUT2D eigenvalue weighted by Crippen LogP contribution is -2.26. The number of halogens is 1. The summed E-state index contributed by atoms with van der Waals surface area (Å²) in [6.45, 7) is 2.65. The third-order valence-electron chi connectivity index (χ3n) is 3.23. The first-order valence-electron chi connectivity index (χ1n) is 6.50. The van der Waals surface area contributed by atoms with Crippen LogP contribution in [-0.2, 0) is 27.4 Å². The first-order chi connectivity index (χ1) is 10.3. The van der Waals surface area contributed by atoms with Crippen molar-refractivity contribution in [2.75, 3.05) is 19.0 Å². The molecular formula is C13H14BrN3O5. The summed E-state index contributed by atoms with van der Waals surface area (Å²) >= 11 is 3.31. The lowest BCUT2D eigenvalue weighted by atomic mass is 10.1. The van der Waals surface area contributed by atoms with Crippen LogP contribution in [0.1, 0.15) is 18.1 Å². The van der Waals surface area contributed by atoms with E-state index in [0.29, 0.717) is 23.1 Å². The molecule has 9 heteroatoms. The largest absolute Gasteiger partial charge is 0.459 e. The van der Waals surface area contributed by atoms with Crippen molar-refractivity contribution in [3.05, 3.63) is 31.8 Å². The zero-order valence-corrected chi connectivity index (χ0v) is 13.6. The summed E-state index contributed by atoms with van der Waals surface area (Å²) in [6.07, 6.45) is 0. The zero-order valence-electron chi connectivity index (χ0n) is 12.0. The van der Waals surface area contributed by atoms with Crippen LogP contribution in [0.4, 0.5) is 11.4 Å². The molecule has 8 nitrogen and oxygen atoms in total. The molecule has 1 aliphatic rings. The van der Waals surface area contributed by atoms with Crippen molar-refractivity contribution in [3.63, 3.8) is 0 Å². The number of rotatable bonds is 3. The second kappa shape index (κ2) is 6.41. The Morgan fingerprint density at radius 2 is 2.09 bits per heavy atom. The van der Waals surface area contributed by atoms with Crippen molar-refractivity contribution >= 4 is 39.2 Å². The number of nitro groups is 1. The van der Waals surface area contributed by atoms with Crippen molar-refractivity contribution < 1.29 is 19.2 Å². The number of hydrogen-bond acceptors (Lipinski definition) is 6. The van der Waals surface area contributed by atoms with Crippen molar-refractivity contribution in [3.8, 4) is 0 Å². The van der Waals surface area contributed by atoms with Crippen LogP contribution in [0, 0.1) is 10.1 Å². The molecule has 0 fully saturated rings. The standard InChI is InChI=1S/C13H14BrN3O5/c1-3-22-13(19)12(18)15-11-8-6-16(2)5-7(8)9(14)4-10(11)17(20)21/h4H,3,5-6H2,1-2H3,(H,15,18). The van der Waals surface area contributed by atoms with Gasteiger partial charge in [0.2, 0.25) is 0 Å². The van der Waals surface area contributed by atoms with Gasteiger partial charge in [-0.3, -0.25) is 19.8 Å². The van der Waals surface area contributed by atoms with Gasteiger partial charge in [-0.25, -0.2) is 4.79 Å². The van der Waals surface area contributed by atoms with Gasteiger partial charge in [0, 0.05) is 29.2 Å². The van der Waals surface area contributed by atoms with Crippen molar-refractivity contribution in [2.24, 2.45) is 0 Å². The van der Waals surface area contributed by atoms with Crippen molar-refractivity contribution in [2.45, 2.75) is 20.0 Å². The SMILES string of the molecule is CCOC(=O)C(=O)Nc1c([N+](=O)[O-])cc(Br)c2c1CN(C)C2. The van der Waals surface area contributed by atoms with Gasteiger partial charge in [0.25, 0.3) is 5.69 Å². The Morgan fingerprint density at radius 1 is 1.45 bits per heavy atom. The summed E-state index contributed by atoms with van der Waals surface area (Å²) < 4.78 is 5.20. The Labute approximate surface area is 134 Å². The van der Waals surface area contributed by atoms with Crippen LogP contribution < -0.4 is 5.32 Å². The molecule has 0 aromatic heterocycles. The molecule has 1 N–H and O–H groups in total. The van der Waals surface area contributed by atoms with E-state index in [-0.39, 0.29) is 18.0 Å². The second-order valence-electron chi connectivity index (χ2n) is 4.81. The molecule has 0 saturated carbocycles. The van der Waals surface area contributed by atoms with Crippen LogP contribution in [0.2, 0.25) is 0 Å². The van der Waals surface area contributed by atoms with Crippen molar-refractivity contribution in [1.82, 2.24) is 4.90 Å². The third kappa shape index (κ3) is 3.09. The molecule has 1 aromatic rings. The minimum absolute atomic E-state index is 0.0469. The van der Waals surface area contributed by atoms with Gasteiger partial charge in [-0.15, -0.1) is 0 Å². The summed E-state index contributed by atoms with van der Waals surface area (Å²) in [7, 11) is 1.86. The molecule has 1 aromatic carbocycles. The highest BCUT2D eigenvalue weighted by molar-refractivity contribution is 9.10. The first kappa shape index (κ1) is 16.4. The normalized spacial score (nSPS) is 13.6. The molecule has 0 bridgehead atoms. The summed E-state index contributed by atoms with van der Waals surface area (Å²) in [5, 5.41) is 13.6. The smallest absolute Gasteiger partial charge is 0.397 e. The van der Waals surface area contributed by atoms with E-state index in [1.165, 1.54) is 6.07 Å². The number of esters is 1. The number of amides is 1. The van der Waals surface area contributed by atoms with Crippen LogP contribution in [-0.4, -0.2) is 35.4 Å². The molecule has 22 heavy (non-hydrogen) atoms. The lowest BCUT2D eigenvalue weighted by molar-refractivity contribution is -0.384. The molecule has 2 rings (SSSR count). The number of hydrogen-bond donors (Lipinski definition) is 1. The van der Waals surface area contributed by atoms with E-state index in [9.17, 15) is 19.7 Å². The summed E-state index contributed by atoms with van der Waals surface area (Å²) in [5.41, 5.74) is 1.26. The minimum Gasteiger partial charge on any atom is -0.459 e. The predicted molar refractivity (Wildman–Crippen MR) is 81.2 cm³/mol. The fraction of sp³-hybridized carbons (Fsp3) is 0.385. The molecule has 0 radical (unpaired) electrons. The van der Waals surface area contributed by atoms with Gasteiger partial charge in [0.1, 0.15) is 5.69 Å². The number of carbonyl (C=O) groups is 2.